The van der Waals surface area contributed by atoms with Gasteiger partial charge in [0.1, 0.15) is 0 Å². The summed E-state index contributed by atoms with van der Waals surface area (Å²) in [5, 5.41) is 15.9. The molecular weight excluding hydrogens is 452 g/mol. The number of imidazole rings is 1. The first-order valence-corrected chi connectivity index (χ1v) is 12.6. The van der Waals surface area contributed by atoms with Crippen LogP contribution in [-0.4, -0.2) is 42.1 Å². The first-order valence-electron chi connectivity index (χ1n) is 12.6. The van der Waals surface area contributed by atoms with Crippen molar-refractivity contribution in [3.63, 3.8) is 0 Å². The molecule has 0 aliphatic heterocycles. The third kappa shape index (κ3) is 4.96. The Morgan fingerprint density at radius 1 is 1.08 bits per heavy atom. The molecule has 2 heterocycles. The molecule has 188 valence electrons. The molecule has 1 fully saturated rings. The van der Waals surface area contributed by atoms with Gasteiger partial charge in [-0.25, -0.2) is 10.1 Å². The topological polar surface area (TPSA) is 105 Å². The fourth-order valence-corrected chi connectivity index (χ4v) is 5.36. The van der Waals surface area contributed by atoms with E-state index in [-0.39, 0.29) is 11.9 Å². The van der Waals surface area contributed by atoms with Gasteiger partial charge >= 0.3 is 0 Å². The second kappa shape index (κ2) is 9.72. The lowest BCUT2D eigenvalue weighted by Gasteiger charge is -2.41. The fourth-order valence-electron chi connectivity index (χ4n) is 5.36. The van der Waals surface area contributed by atoms with Gasteiger partial charge in [-0.1, -0.05) is 50.1 Å². The summed E-state index contributed by atoms with van der Waals surface area (Å²) < 4.78 is 2.21. The van der Waals surface area contributed by atoms with Crippen LogP contribution in [0.15, 0.2) is 48.5 Å². The average Bonchev–Trinajstić information content (AvgIpc) is 3.50. The highest BCUT2D eigenvalue weighted by Crippen LogP contribution is 2.40. The Balaban J connectivity index is 1.39. The van der Waals surface area contributed by atoms with Crippen molar-refractivity contribution in [3.05, 3.63) is 59.7 Å². The van der Waals surface area contributed by atoms with E-state index in [1.807, 2.05) is 30.3 Å². The molecule has 2 N–H and O–H groups in total. The first-order chi connectivity index (χ1) is 17.3. The van der Waals surface area contributed by atoms with Gasteiger partial charge in [-0.3, -0.25) is 10.1 Å². The van der Waals surface area contributed by atoms with Crippen molar-refractivity contribution in [1.82, 2.24) is 30.2 Å². The highest BCUT2D eigenvalue weighted by molar-refractivity contribution is 6.03. The number of carbonyl (C=O) groups is 1. The molecule has 2 aromatic carbocycles. The van der Waals surface area contributed by atoms with E-state index in [1.54, 1.807) is 0 Å². The van der Waals surface area contributed by atoms with Gasteiger partial charge in [0.15, 0.2) is 0 Å². The number of fused-ring (bicyclic) bond motifs is 1. The van der Waals surface area contributed by atoms with Gasteiger partial charge in [0.2, 0.25) is 11.9 Å². The minimum absolute atomic E-state index is 0.225. The summed E-state index contributed by atoms with van der Waals surface area (Å²) in [5.41, 5.74) is 4.17. The molecule has 9 nitrogen and oxygen atoms in total. The zero-order valence-electron chi connectivity index (χ0n) is 21.4. The number of H-pyrrole nitrogens is 1. The SMILES string of the molecule is Cn1c(N(Cc2ccc(C(=O)Nc3nnn[nH]3)cc2)C2CCC(C(C)(C)C)CC2)nc2ccccc21. The Kier molecular flexibility index (Phi) is 6.47. The lowest BCUT2D eigenvalue weighted by Crippen LogP contribution is -2.41. The van der Waals surface area contributed by atoms with Crippen molar-refractivity contribution in [1.29, 1.82) is 0 Å². The van der Waals surface area contributed by atoms with Crippen LogP contribution in [0.5, 0.6) is 0 Å². The average molecular weight is 487 g/mol. The molecule has 2 aromatic heterocycles. The van der Waals surface area contributed by atoms with Crippen molar-refractivity contribution in [3.8, 4) is 0 Å². The van der Waals surface area contributed by atoms with Gasteiger partial charge in [-0.2, -0.15) is 0 Å². The predicted octanol–water partition coefficient (Wildman–Crippen LogP) is 4.95. The molecule has 1 amide bonds. The van der Waals surface area contributed by atoms with E-state index in [2.05, 4.69) is 81.4 Å². The van der Waals surface area contributed by atoms with Crippen molar-refractivity contribution < 1.29 is 4.79 Å². The maximum absolute atomic E-state index is 12.5. The molecule has 4 aromatic rings. The maximum atomic E-state index is 12.5. The summed E-state index contributed by atoms with van der Waals surface area (Å²) in [6, 6.07) is 16.4. The maximum Gasteiger partial charge on any atom is 0.258 e. The van der Waals surface area contributed by atoms with E-state index in [4.69, 9.17) is 4.98 Å². The van der Waals surface area contributed by atoms with Gasteiger partial charge in [0.05, 0.1) is 11.0 Å². The number of para-hydroxylation sites is 2. The number of aromatic nitrogens is 6. The molecular formula is C27H34N8O. The summed E-state index contributed by atoms with van der Waals surface area (Å²) >= 11 is 0. The van der Waals surface area contributed by atoms with Crippen LogP contribution < -0.4 is 10.2 Å². The van der Waals surface area contributed by atoms with Crippen molar-refractivity contribution in [2.24, 2.45) is 18.4 Å². The number of benzene rings is 2. The molecule has 36 heavy (non-hydrogen) atoms. The molecule has 0 radical (unpaired) electrons. The summed E-state index contributed by atoms with van der Waals surface area (Å²) in [6.07, 6.45) is 4.75. The van der Waals surface area contributed by atoms with Crippen molar-refractivity contribution in [2.45, 2.75) is 59.0 Å². The molecule has 9 heteroatoms. The van der Waals surface area contributed by atoms with E-state index >= 15 is 0 Å². The number of nitrogens with one attached hydrogen (secondary N) is 2. The van der Waals surface area contributed by atoms with E-state index in [9.17, 15) is 4.79 Å². The number of tetrazole rings is 1. The number of carbonyl (C=O) groups excluding carboxylic acids is 1. The third-order valence-electron chi connectivity index (χ3n) is 7.53. The molecule has 0 spiro atoms. The predicted molar refractivity (Wildman–Crippen MR) is 141 cm³/mol. The largest absolute Gasteiger partial charge is 0.335 e. The zero-order chi connectivity index (χ0) is 25.3. The van der Waals surface area contributed by atoms with E-state index in [0.29, 0.717) is 17.0 Å². The summed E-state index contributed by atoms with van der Waals surface area (Å²) in [6.45, 7) is 7.81. The van der Waals surface area contributed by atoms with Gasteiger partial charge in [-0.15, -0.1) is 0 Å². The van der Waals surface area contributed by atoms with Crippen LogP contribution >= 0.6 is 0 Å². The van der Waals surface area contributed by atoms with Crippen LogP contribution in [0.4, 0.5) is 11.9 Å². The fraction of sp³-hybridized carbons (Fsp3) is 0.444. The first kappa shape index (κ1) is 24.0. The molecule has 0 atom stereocenters. The quantitative estimate of drug-likeness (QED) is 0.400. The van der Waals surface area contributed by atoms with Gasteiger partial charge in [0, 0.05) is 25.2 Å². The minimum atomic E-state index is -0.257. The lowest BCUT2D eigenvalue weighted by atomic mass is 9.71. The highest BCUT2D eigenvalue weighted by atomic mass is 16.1. The van der Waals surface area contributed by atoms with Crippen LogP contribution in [0.25, 0.3) is 11.0 Å². The standard InChI is InChI=1S/C27H34N8O/c1-27(2,3)20-13-15-21(16-14-20)35(26-28-22-7-5-6-8-23(22)34(26)4)17-18-9-11-19(12-10-18)24(36)29-25-30-32-33-31-25/h5-12,20-21H,13-17H2,1-4H3,(H2,29,30,31,32,33,36). The molecule has 0 bridgehead atoms. The second-order valence-corrected chi connectivity index (χ2v) is 10.9. The second-order valence-electron chi connectivity index (χ2n) is 10.9. The van der Waals surface area contributed by atoms with Gasteiger partial charge < -0.3 is 9.47 Å². The number of aryl methyl sites for hydroxylation is 1. The Hall–Kier alpha value is -3.75. The Labute approximate surface area is 211 Å². The minimum Gasteiger partial charge on any atom is -0.335 e. The number of anilines is 2. The lowest BCUT2D eigenvalue weighted by molar-refractivity contribution is 0.102. The van der Waals surface area contributed by atoms with E-state index in [0.717, 1.165) is 47.8 Å². The van der Waals surface area contributed by atoms with Crippen molar-refractivity contribution in [2.75, 3.05) is 10.2 Å². The van der Waals surface area contributed by atoms with Crippen LogP contribution in [0.3, 0.4) is 0 Å². The number of amides is 1. The van der Waals surface area contributed by atoms with Gasteiger partial charge in [-0.05, 0) is 77.3 Å². The molecule has 0 unspecified atom stereocenters. The van der Waals surface area contributed by atoms with Crippen LogP contribution in [0, 0.1) is 11.3 Å². The normalized spacial score (nSPS) is 18.3. The molecule has 1 aliphatic rings. The third-order valence-corrected chi connectivity index (χ3v) is 7.53. The summed E-state index contributed by atoms with van der Waals surface area (Å²) in [4.78, 5) is 20.0. The van der Waals surface area contributed by atoms with Crippen LogP contribution in [0.2, 0.25) is 0 Å². The number of hydrogen-bond acceptors (Lipinski definition) is 6. The molecule has 1 saturated carbocycles. The smallest absolute Gasteiger partial charge is 0.258 e. The van der Waals surface area contributed by atoms with Crippen LogP contribution in [-0.2, 0) is 13.6 Å². The van der Waals surface area contributed by atoms with Gasteiger partial charge in [0.25, 0.3) is 5.91 Å². The number of nitrogens with zero attached hydrogens (tertiary/aromatic N) is 6. The zero-order valence-corrected chi connectivity index (χ0v) is 21.4. The number of aromatic amines is 1. The number of rotatable bonds is 6. The number of hydrogen-bond donors (Lipinski definition) is 2. The summed E-state index contributed by atoms with van der Waals surface area (Å²) in [7, 11) is 2.10. The van der Waals surface area contributed by atoms with Crippen molar-refractivity contribution >= 4 is 28.8 Å². The van der Waals surface area contributed by atoms with E-state index < -0.39 is 0 Å². The Morgan fingerprint density at radius 2 is 1.81 bits per heavy atom. The molecule has 5 rings (SSSR count). The Bertz CT molecular complexity index is 1310. The molecule has 1 aliphatic carbocycles. The van der Waals surface area contributed by atoms with E-state index in [1.165, 1.54) is 12.8 Å². The molecule has 0 saturated heterocycles. The monoisotopic (exact) mass is 486 g/mol. The van der Waals surface area contributed by atoms with Crippen LogP contribution in [0.1, 0.15) is 62.4 Å². The summed E-state index contributed by atoms with van der Waals surface area (Å²) in [5.74, 6) is 1.71. The Morgan fingerprint density at radius 3 is 2.44 bits per heavy atom. The highest BCUT2D eigenvalue weighted by Gasteiger charge is 2.33.